The summed E-state index contributed by atoms with van der Waals surface area (Å²) in [5.74, 6) is -0.922. The van der Waals surface area contributed by atoms with Crippen molar-refractivity contribution in [1.82, 2.24) is 9.88 Å². The number of nitrogens with zero attached hydrogens (tertiary/aromatic N) is 2. The highest BCUT2D eigenvalue weighted by atomic mass is 35.5. The molecule has 2 aliphatic heterocycles. The predicted molar refractivity (Wildman–Crippen MR) is 160 cm³/mol. The average molecular weight is 599 g/mol. The van der Waals surface area contributed by atoms with Gasteiger partial charge in [-0.25, -0.2) is 9.78 Å². The Morgan fingerprint density at radius 2 is 1.90 bits per heavy atom. The van der Waals surface area contributed by atoms with E-state index in [1.165, 1.54) is 11.3 Å². The van der Waals surface area contributed by atoms with Crippen LogP contribution in [0.3, 0.4) is 0 Å². The number of carbonyl (C=O) groups excluding carboxylic acids is 1. The molecule has 1 aromatic carbocycles. The minimum absolute atomic E-state index is 0.165. The largest absolute Gasteiger partial charge is 0.481 e. The van der Waals surface area contributed by atoms with Crippen LogP contribution in [0, 0.1) is 18.3 Å². The number of carbonyl (C=O) groups is 2. The number of hydrogen-bond acceptors (Lipinski definition) is 6. The Morgan fingerprint density at radius 3 is 2.50 bits per heavy atom. The molecular formula is C33H43ClN2O6. The SMILES string of the molecule is COc1ncc(C2CCC2)cc1CO[C@H]1[C@H](C(C)(C)C)[C@@H](C(=O)O)N(C(=O)[C@@H]2CCCCO2)[C@H]1c1cc(Cl)ccc1C. The van der Waals surface area contributed by atoms with Crippen LogP contribution in [-0.4, -0.2) is 58.8 Å². The van der Waals surface area contributed by atoms with Gasteiger partial charge in [0.15, 0.2) is 0 Å². The van der Waals surface area contributed by atoms with Gasteiger partial charge < -0.3 is 24.2 Å². The topological polar surface area (TPSA) is 98.2 Å². The van der Waals surface area contributed by atoms with Crippen molar-refractivity contribution in [2.45, 2.75) is 103 Å². The summed E-state index contributed by atoms with van der Waals surface area (Å²) in [6.07, 6.45) is 6.33. The first-order valence-corrected chi connectivity index (χ1v) is 15.5. The van der Waals surface area contributed by atoms with Gasteiger partial charge in [-0.1, -0.05) is 44.9 Å². The lowest BCUT2D eigenvalue weighted by molar-refractivity contribution is -0.159. The van der Waals surface area contributed by atoms with Crippen LogP contribution in [-0.2, 0) is 25.7 Å². The molecule has 9 heteroatoms. The van der Waals surface area contributed by atoms with E-state index >= 15 is 0 Å². The highest BCUT2D eigenvalue weighted by molar-refractivity contribution is 6.30. The van der Waals surface area contributed by atoms with Crippen molar-refractivity contribution in [1.29, 1.82) is 0 Å². The number of carboxylic acid groups (broad SMARTS) is 1. The second-order valence-electron chi connectivity index (χ2n) is 13.1. The number of aryl methyl sites for hydroxylation is 1. The van der Waals surface area contributed by atoms with E-state index in [0.717, 1.165) is 47.9 Å². The maximum Gasteiger partial charge on any atom is 0.326 e. The van der Waals surface area contributed by atoms with Crippen molar-refractivity contribution in [3.63, 3.8) is 0 Å². The molecule has 8 nitrogen and oxygen atoms in total. The molecule has 2 aromatic rings. The number of carboxylic acids is 1. The molecule has 1 N–H and O–H groups in total. The molecule has 0 spiro atoms. The summed E-state index contributed by atoms with van der Waals surface area (Å²) in [6.45, 7) is 8.63. The smallest absolute Gasteiger partial charge is 0.326 e. The molecule has 1 saturated carbocycles. The minimum atomic E-state index is -1.11. The molecule has 1 aromatic heterocycles. The molecule has 3 fully saturated rings. The normalized spacial score (nSPS) is 26.6. The molecule has 1 aliphatic carbocycles. The number of halogens is 1. The van der Waals surface area contributed by atoms with Gasteiger partial charge in [0.2, 0.25) is 5.88 Å². The fourth-order valence-electron chi connectivity index (χ4n) is 6.90. The molecular weight excluding hydrogens is 556 g/mol. The molecule has 42 heavy (non-hydrogen) atoms. The van der Waals surface area contributed by atoms with Crippen LogP contribution in [0.5, 0.6) is 5.88 Å². The van der Waals surface area contributed by atoms with Crippen LogP contribution >= 0.6 is 11.6 Å². The fourth-order valence-corrected chi connectivity index (χ4v) is 7.08. The molecule has 5 atom stereocenters. The number of amides is 1. The summed E-state index contributed by atoms with van der Waals surface area (Å²) in [5, 5.41) is 11.2. The molecule has 0 radical (unpaired) electrons. The maximum absolute atomic E-state index is 14.3. The van der Waals surface area contributed by atoms with Crippen LogP contribution in [0.4, 0.5) is 0 Å². The van der Waals surface area contributed by atoms with Gasteiger partial charge in [0, 0.05) is 29.3 Å². The van der Waals surface area contributed by atoms with E-state index in [4.69, 9.17) is 25.8 Å². The average Bonchev–Trinajstić information content (AvgIpc) is 3.28. The van der Waals surface area contributed by atoms with Gasteiger partial charge in [-0.05, 0) is 85.3 Å². The highest BCUT2D eigenvalue weighted by Crippen LogP contribution is 2.51. The van der Waals surface area contributed by atoms with Crippen LogP contribution in [0.2, 0.25) is 5.02 Å². The molecule has 5 rings (SSSR count). The summed E-state index contributed by atoms with van der Waals surface area (Å²) < 4.78 is 18.3. The number of benzene rings is 1. The molecule has 0 bridgehead atoms. The van der Waals surface area contributed by atoms with Crippen molar-refractivity contribution < 1.29 is 28.9 Å². The van der Waals surface area contributed by atoms with Crippen LogP contribution in [0.25, 0.3) is 0 Å². The molecule has 228 valence electrons. The number of ether oxygens (including phenoxy) is 3. The van der Waals surface area contributed by atoms with Gasteiger partial charge >= 0.3 is 5.97 Å². The quantitative estimate of drug-likeness (QED) is 0.372. The summed E-state index contributed by atoms with van der Waals surface area (Å²) in [6, 6.07) is 5.86. The lowest BCUT2D eigenvalue weighted by Gasteiger charge is -2.35. The number of rotatable bonds is 8. The second kappa shape index (κ2) is 12.5. The van der Waals surface area contributed by atoms with Crippen molar-refractivity contribution in [2.24, 2.45) is 11.3 Å². The summed E-state index contributed by atoms with van der Waals surface area (Å²) in [4.78, 5) is 33.5. The molecule has 0 unspecified atom stereocenters. The third kappa shape index (κ3) is 6.03. The Hall–Kier alpha value is -2.68. The van der Waals surface area contributed by atoms with E-state index < -0.39 is 41.6 Å². The monoisotopic (exact) mass is 598 g/mol. The number of aromatic nitrogens is 1. The van der Waals surface area contributed by atoms with E-state index in [1.54, 1.807) is 13.2 Å². The van der Waals surface area contributed by atoms with Gasteiger partial charge in [0.1, 0.15) is 12.1 Å². The first-order chi connectivity index (χ1) is 20.0. The summed E-state index contributed by atoms with van der Waals surface area (Å²) in [5.41, 5.74) is 3.14. The van der Waals surface area contributed by atoms with Crippen LogP contribution < -0.4 is 4.74 Å². The first kappa shape index (κ1) is 30.8. The van der Waals surface area contributed by atoms with E-state index in [2.05, 4.69) is 11.1 Å². The number of hydrogen-bond donors (Lipinski definition) is 1. The number of aliphatic carboxylic acids is 1. The molecule has 2 saturated heterocycles. The standard InChI is InChI=1S/C33H43ClN2O6/c1-19-12-13-23(34)16-24(19)27-29(42-18-22-15-21(20-9-8-10-20)17-35-30(22)40-5)26(33(2,3)4)28(32(38)39)36(27)31(37)25-11-6-7-14-41-25/h12-13,15-17,20,25-29H,6-11,14,18H2,1-5H3,(H,38,39)/t25-,26+,27-,28-,29-/m0/s1. The van der Waals surface area contributed by atoms with Gasteiger partial charge in [-0.3, -0.25) is 4.79 Å². The van der Waals surface area contributed by atoms with Crippen molar-refractivity contribution in [3.8, 4) is 5.88 Å². The van der Waals surface area contributed by atoms with Crippen LogP contribution in [0.1, 0.15) is 93.5 Å². The Morgan fingerprint density at radius 1 is 1.14 bits per heavy atom. The highest BCUT2D eigenvalue weighted by Gasteiger charge is 2.59. The van der Waals surface area contributed by atoms with Gasteiger partial charge in [-0.15, -0.1) is 0 Å². The van der Waals surface area contributed by atoms with Crippen molar-refractivity contribution in [3.05, 3.63) is 57.7 Å². The predicted octanol–water partition coefficient (Wildman–Crippen LogP) is 6.47. The summed E-state index contributed by atoms with van der Waals surface area (Å²) in [7, 11) is 1.59. The Bertz CT molecular complexity index is 1300. The van der Waals surface area contributed by atoms with Gasteiger partial charge in [0.05, 0.1) is 25.9 Å². The van der Waals surface area contributed by atoms with E-state index in [9.17, 15) is 14.7 Å². The minimum Gasteiger partial charge on any atom is -0.481 e. The zero-order chi connectivity index (χ0) is 30.2. The van der Waals surface area contributed by atoms with E-state index in [-0.39, 0.29) is 12.5 Å². The molecule has 3 heterocycles. The Kier molecular flexibility index (Phi) is 9.16. The van der Waals surface area contributed by atoms with Gasteiger partial charge in [0.25, 0.3) is 5.91 Å². The van der Waals surface area contributed by atoms with Crippen molar-refractivity contribution >= 4 is 23.5 Å². The molecule has 1 amide bonds. The Labute approximate surface area is 253 Å². The maximum atomic E-state index is 14.3. The third-order valence-corrected chi connectivity index (χ3v) is 9.51. The number of pyridine rings is 1. The second-order valence-corrected chi connectivity index (χ2v) is 13.5. The number of likely N-dealkylation sites (tertiary alicyclic amines) is 1. The Balaban J connectivity index is 1.60. The number of methoxy groups -OCH3 is 1. The molecule has 3 aliphatic rings. The lowest BCUT2D eigenvalue weighted by Crippen LogP contribution is -2.51. The van der Waals surface area contributed by atoms with Crippen molar-refractivity contribution in [2.75, 3.05) is 13.7 Å². The zero-order valence-electron chi connectivity index (χ0n) is 25.3. The third-order valence-electron chi connectivity index (χ3n) is 9.27. The first-order valence-electron chi connectivity index (χ1n) is 15.1. The van der Waals surface area contributed by atoms with Gasteiger partial charge in [-0.2, -0.15) is 0 Å². The zero-order valence-corrected chi connectivity index (χ0v) is 26.0. The summed E-state index contributed by atoms with van der Waals surface area (Å²) >= 11 is 6.51. The van der Waals surface area contributed by atoms with E-state index in [0.29, 0.717) is 29.8 Å². The van der Waals surface area contributed by atoms with Crippen LogP contribution in [0.15, 0.2) is 30.5 Å². The van der Waals surface area contributed by atoms with E-state index in [1.807, 2.05) is 46.0 Å². The fraction of sp³-hybridized carbons (Fsp3) is 0.606. The lowest BCUT2D eigenvalue weighted by atomic mass is 9.73.